The highest BCUT2D eigenvalue weighted by Gasteiger charge is 2.16. The maximum Gasteiger partial charge on any atom is 0.239 e. The molecule has 0 aliphatic heterocycles. The molecule has 0 aromatic heterocycles. The fourth-order valence-electron chi connectivity index (χ4n) is 2.44. The number of halogens is 2. The zero-order valence-corrected chi connectivity index (χ0v) is 15.7. The van der Waals surface area contributed by atoms with Crippen molar-refractivity contribution in [3.8, 4) is 5.75 Å². The lowest BCUT2D eigenvalue weighted by Gasteiger charge is -2.20. The van der Waals surface area contributed by atoms with Gasteiger partial charge in [0.1, 0.15) is 11.6 Å². The van der Waals surface area contributed by atoms with Crippen LogP contribution in [0.15, 0.2) is 48.5 Å². The van der Waals surface area contributed by atoms with Gasteiger partial charge in [0.15, 0.2) is 0 Å². The van der Waals surface area contributed by atoms with E-state index in [0.29, 0.717) is 12.2 Å². The molecule has 27 heavy (non-hydrogen) atoms. The van der Waals surface area contributed by atoms with Crippen molar-refractivity contribution in [3.05, 3.63) is 65.5 Å². The maximum atomic E-state index is 13.1. The van der Waals surface area contributed by atoms with E-state index in [-0.39, 0.29) is 43.3 Å². The summed E-state index contributed by atoms with van der Waals surface area (Å²) in [5.74, 6) is -0.353. The summed E-state index contributed by atoms with van der Waals surface area (Å²) in [7, 11) is 1.58. The second-order valence-electron chi connectivity index (χ2n) is 5.70. The maximum absolute atomic E-state index is 13.1. The Labute approximate surface area is 163 Å². The van der Waals surface area contributed by atoms with Gasteiger partial charge in [-0.3, -0.25) is 9.59 Å². The molecular formula is C19H23ClFN3O3. The van der Waals surface area contributed by atoms with Crippen molar-refractivity contribution in [1.82, 2.24) is 10.6 Å². The van der Waals surface area contributed by atoms with E-state index in [4.69, 9.17) is 10.5 Å². The van der Waals surface area contributed by atoms with Crippen LogP contribution in [0.5, 0.6) is 5.75 Å². The molecule has 8 heteroatoms. The molecule has 6 nitrogen and oxygen atoms in total. The Morgan fingerprint density at radius 1 is 1.07 bits per heavy atom. The molecule has 0 saturated heterocycles. The number of methoxy groups -OCH3 is 1. The molecule has 1 unspecified atom stereocenters. The molecule has 146 valence electrons. The van der Waals surface area contributed by atoms with Crippen molar-refractivity contribution in [2.75, 3.05) is 20.2 Å². The third kappa shape index (κ3) is 7.24. The monoisotopic (exact) mass is 395 g/mol. The van der Waals surface area contributed by atoms with Gasteiger partial charge in [-0.05, 0) is 41.8 Å². The van der Waals surface area contributed by atoms with Gasteiger partial charge < -0.3 is 21.1 Å². The van der Waals surface area contributed by atoms with Crippen LogP contribution in [0, 0.1) is 5.82 Å². The molecule has 0 fully saturated rings. The van der Waals surface area contributed by atoms with Crippen LogP contribution >= 0.6 is 12.4 Å². The molecule has 2 aromatic carbocycles. The molecule has 1 atom stereocenters. The Bertz CT molecular complexity index is 739. The molecule has 4 N–H and O–H groups in total. The Morgan fingerprint density at radius 3 is 2.26 bits per heavy atom. The Kier molecular flexibility index (Phi) is 9.25. The van der Waals surface area contributed by atoms with Crippen molar-refractivity contribution in [2.24, 2.45) is 5.73 Å². The van der Waals surface area contributed by atoms with E-state index in [1.54, 1.807) is 31.4 Å². The smallest absolute Gasteiger partial charge is 0.239 e. The summed E-state index contributed by atoms with van der Waals surface area (Å²) in [6, 6.07) is 13.1. The van der Waals surface area contributed by atoms with Gasteiger partial charge in [0.2, 0.25) is 11.8 Å². The highest BCUT2D eigenvalue weighted by atomic mass is 35.5. The summed E-state index contributed by atoms with van der Waals surface area (Å²) in [5.41, 5.74) is 6.95. The Morgan fingerprint density at radius 2 is 1.70 bits per heavy atom. The normalized spacial score (nSPS) is 11.1. The van der Waals surface area contributed by atoms with Gasteiger partial charge in [-0.25, -0.2) is 4.39 Å². The number of rotatable bonds is 8. The third-order valence-electron chi connectivity index (χ3n) is 3.84. The van der Waals surface area contributed by atoms with E-state index in [2.05, 4.69) is 10.6 Å². The van der Waals surface area contributed by atoms with Gasteiger partial charge in [0, 0.05) is 0 Å². The second kappa shape index (κ2) is 11.2. The van der Waals surface area contributed by atoms with E-state index < -0.39 is 5.91 Å². The summed E-state index contributed by atoms with van der Waals surface area (Å²) in [5, 5.41) is 5.32. The summed E-state index contributed by atoms with van der Waals surface area (Å²) in [6.07, 6.45) is 0.475. The van der Waals surface area contributed by atoms with Crippen molar-refractivity contribution in [1.29, 1.82) is 0 Å². The van der Waals surface area contributed by atoms with Crippen molar-refractivity contribution < 1.29 is 18.7 Å². The zero-order valence-electron chi connectivity index (χ0n) is 14.9. The first-order chi connectivity index (χ1) is 12.5. The summed E-state index contributed by atoms with van der Waals surface area (Å²) in [6.45, 7) is -0.336. The van der Waals surface area contributed by atoms with E-state index in [1.165, 1.54) is 12.1 Å². The molecule has 0 heterocycles. The SMILES string of the molecule is COc1ccc(C(Cc2ccc(F)cc2)NC(=O)CNC(=O)CN)cc1.Cl. The van der Waals surface area contributed by atoms with E-state index in [1.807, 2.05) is 12.1 Å². The molecule has 2 amide bonds. The topological polar surface area (TPSA) is 93.5 Å². The lowest BCUT2D eigenvalue weighted by Crippen LogP contribution is -2.41. The third-order valence-corrected chi connectivity index (χ3v) is 3.84. The van der Waals surface area contributed by atoms with Crippen LogP contribution in [0.3, 0.4) is 0 Å². The molecule has 0 spiro atoms. The molecule has 0 bridgehead atoms. The minimum absolute atomic E-state index is 0. The number of hydrogen-bond donors (Lipinski definition) is 3. The molecule has 2 aromatic rings. The molecule has 0 aliphatic rings. The number of benzene rings is 2. The summed E-state index contributed by atoms with van der Waals surface area (Å²) < 4.78 is 18.3. The molecule has 2 rings (SSSR count). The number of carbonyl (C=O) groups excluding carboxylic acids is 2. The van der Waals surface area contributed by atoms with Crippen LogP contribution < -0.4 is 21.1 Å². The average Bonchev–Trinajstić information content (AvgIpc) is 2.67. The second-order valence-corrected chi connectivity index (χ2v) is 5.70. The van der Waals surface area contributed by atoms with Crippen LogP contribution in [0.25, 0.3) is 0 Å². The fraction of sp³-hybridized carbons (Fsp3) is 0.263. The summed E-state index contributed by atoms with van der Waals surface area (Å²) >= 11 is 0. The van der Waals surface area contributed by atoms with Crippen LogP contribution in [-0.4, -0.2) is 32.0 Å². The van der Waals surface area contributed by atoms with Gasteiger partial charge in [-0.15, -0.1) is 12.4 Å². The van der Waals surface area contributed by atoms with Gasteiger partial charge >= 0.3 is 0 Å². The quantitative estimate of drug-likeness (QED) is 0.634. The zero-order chi connectivity index (χ0) is 18.9. The van der Waals surface area contributed by atoms with Crippen molar-refractivity contribution >= 4 is 24.2 Å². The van der Waals surface area contributed by atoms with E-state index >= 15 is 0 Å². The predicted octanol–water partition coefficient (Wildman–Crippen LogP) is 1.73. The van der Waals surface area contributed by atoms with E-state index in [9.17, 15) is 14.0 Å². The molecular weight excluding hydrogens is 373 g/mol. The lowest BCUT2D eigenvalue weighted by atomic mass is 9.98. The first kappa shape index (κ1) is 22.4. The number of hydrogen-bond acceptors (Lipinski definition) is 4. The summed E-state index contributed by atoms with van der Waals surface area (Å²) in [4.78, 5) is 23.4. The average molecular weight is 396 g/mol. The predicted molar refractivity (Wildman–Crippen MR) is 103 cm³/mol. The van der Waals surface area contributed by atoms with Crippen molar-refractivity contribution in [3.63, 3.8) is 0 Å². The van der Waals surface area contributed by atoms with Gasteiger partial charge in [-0.2, -0.15) is 0 Å². The van der Waals surface area contributed by atoms with Gasteiger partial charge in [0.05, 0.1) is 26.2 Å². The Balaban J connectivity index is 0.00000364. The standard InChI is InChI=1S/C19H22FN3O3.ClH/c1-26-16-8-4-14(5-9-16)17(10-13-2-6-15(20)7-3-13)23-19(25)12-22-18(24)11-21;/h2-9,17H,10-12,21H2,1H3,(H,22,24)(H,23,25);1H. The van der Waals surface area contributed by atoms with Crippen LogP contribution in [0.1, 0.15) is 17.2 Å². The Hall–Kier alpha value is -2.64. The minimum atomic E-state index is -0.403. The molecule has 0 saturated carbocycles. The largest absolute Gasteiger partial charge is 0.497 e. The fourth-order valence-corrected chi connectivity index (χ4v) is 2.44. The molecule has 0 aliphatic carbocycles. The number of nitrogens with two attached hydrogens (primary N) is 1. The van der Waals surface area contributed by atoms with Gasteiger partial charge in [-0.1, -0.05) is 24.3 Å². The number of nitrogens with one attached hydrogen (secondary N) is 2. The van der Waals surface area contributed by atoms with E-state index in [0.717, 1.165) is 11.1 Å². The molecule has 0 radical (unpaired) electrons. The van der Waals surface area contributed by atoms with Crippen LogP contribution in [0.2, 0.25) is 0 Å². The highest BCUT2D eigenvalue weighted by molar-refractivity contribution is 5.86. The van der Waals surface area contributed by atoms with Crippen LogP contribution in [-0.2, 0) is 16.0 Å². The number of ether oxygens (including phenoxy) is 1. The van der Waals surface area contributed by atoms with Crippen LogP contribution in [0.4, 0.5) is 4.39 Å². The van der Waals surface area contributed by atoms with Gasteiger partial charge in [0.25, 0.3) is 0 Å². The highest BCUT2D eigenvalue weighted by Crippen LogP contribution is 2.21. The van der Waals surface area contributed by atoms with Crippen molar-refractivity contribution in [2.45, 2.75) is 12.5 Å². The first-order valence-electron chi connectivity index (χ1n) is 8.16. The first-order valence-corrected chi connectivity index (χ1v) is 8.16. The lowest BCUT2D eigenvalue weighted by molar-refractivity contribution is -0.125. The number of carbonyl (C=O) groups is 2. The number of amides is 2. The minimum Gasteiger partial charge on any atom is -0.497 e.